The van der Waals surface area contributed by atoms with Gasteiger partial charge in [-0.1, -0.05) is 24.3 Å². The van der Waals surface area contributed by atoms with Crippen molar-refractivity contribution in [3.8, 4) is 5.75 Å². The van der Waals surface area contributed by atoms with Gasteiger partial charge in [0.05, 0.1) is 7.11 Å². The van der Waals surface area contributed by atoms with Gasteiger partial charge in [-0.15, -0.1) is 0 Å². The van der Waals surface area contributed by atoms with Crippen molar-refractivity contribution >= 4 is 16.7 Å². The molecule has 0 radical (unpaired) electrons. The van der Waals surface area contributed by atoms with E-state index in [0.717, 1.165) is 17.6 Å². The second-order valence-corrected chi connectivity index (χ2v) is 4.25. The number of fused-ring (bicyclic) bond motifs is 1. The first kappa shape index (κ1) is 12.4. The number of rotatable bonds is 5. The minimum Gasteiger partial charge on any atom is -0.497 e. The number of ether oxygens (including phenoxy) is 1. The van der Waals surface area contributed by atoms with Gasteiger partial charge in [-0.2, -0.15) is 0 Å². The molecule has 1 N–H and O–H groups in total. The predicted molar refractivity (Wildman–Crippen MR) is 71.1 cm³/mol. The Balaban J connectivity index is 2.25. The molecule has 2 rings (SSSR count). The summed E-state index contributed by atoms with van der Waals surface area (Å²) in [5, 5.41) is 11.0. The zero-order chi connectivity index (χ0) is 13.0. The molecule has 3 nitrogen and oxygen atoms in total. The first-order valence-electron chi connectivity index (χ1n) is 5.98. The molecule has 94 valence electrons. The van der Waals surface area contributed by atoms with Gasteiger partial charge in [0.1, 0.15) is 5.75 Å². The molecule has 2 aromatic carbocycles. The van der Waals surface area contributed by atoms with Crippen LogP contribution in [0.4, 0.5) is 0 Å². The number of aryl methyl sites for hydroxylation is 1. The van der Waals surface area contributed by atoms with Crippen molar-refractivity contribution in [2.75, 3.05) is 7.11 Å². The Bertz CT molecular complexity index is 561. The minimum atomic E-state index is -0.739. The summed E-state index contributed by atoms with van der Waals surface area (Å²) in [5.74, 6) is 0.0992. The number of hydrogen-bond acceptors (Lipinski definition) is 2. The summed E-state index contributed by atoms with van der Waals surface area (Å²) in [6.45, 7) is 0. The number of carboxylic acid groups (broad SMARTS) is 1. The maximum absolute atomic E-state index is 10.5. The standard InChI is InChI=1S/C15H16O3/c1-18-13-8-9-14-11(5-3-7-15(16)17)4-2-6-12(14)10-13/h2,4,6,8-10H,3,5,7H2,1H3,(H,16,17). The van der Waals surface area contributed by atoms with E-state index in [1.54, 1.807) is 7.11 Å². The van der Waals surface area contributed by atoms with Gasteiger partial charge in [0.2, 0.25) is 0 Å². The zero-order valence-electron chi connectivity index (χ0n) is 10.3. The average molecular weight is 244 g/mol. The molecule has 0 atom stereocenters. The Labute approximate surface area is 106 Å². The second-order valence-electron chi connectivity index (χ2n) is 4.25. The van der Waals surface area contributed by atoms with Crippen molar-refractivity contribution in [3.63, 3.8) is 0 Å². The molecule has 0 spiro atoms. The molecule has 0 heterocycles. The molecule has 3 heteroatoms. The fourth-order valence-corrected chi connectivity index (χ4v) is 2.10. The average Bonchev–Trinajstić information content (AvgIpc) is 2.38. The molecule has 0 unspecified atom stereocenters. The maximum atomic E-state index is 10.5. The summed E-state index contributed by atoms with van der Waals surface area (Å²) in [6.07, 6.45) is 1.67. The SMILES string of the molecule is COc1ccc2c(CCCC(=O)O)cccc2c1. The van der Waals surface area contributed by atoms with Crippen LogP contribution in [0.3, 0.4) is 0 Å². The normalized spacial score (nSPS) is 10.5. The van der Waals surface area contributed by atoms with Crippen LogP contribution in [0.1, 0.15) is 18.4 Å². The Morgan fingerprint density at radius 1 is 1.28 bits per heavy atom. The third kappa shape index (κ3) is 2.80. The smallest absolute Gasteiger partial charge is 0.303 e. The predicted octanol–water partition coefficient (Wildman–Crippen LogP) is 3.26. The third-order valence-corrected chi connectivity index (χ3v) is 3.01. The van der Waals surface area contributed by atoms with Crippen LogP contribution in [0.25, 0.3) is 10.8 Å². The summed E-state index contributed by atoms with van der Waals surface area (Å²) in [4.78, 5) is 10.5. The van der Waals surface area contributed by atoms with E-state index in [4.69, 9.17) is 9.84 Å². The van der Waals surface area contributed by atoms with Crippen molar-refractivity contribution in [2.24, 2.45) is 0 Å². The van der Waals surface area contributed by atoms with Crippen LogP contribution >= 0.6 is 0 Å². The molecular weight excluding hydrogens is 228 g/mol. The van der Waals surface area contributed by atoms with Crippen molar-refractivity contribution in [1.82, 2.24) is 0 Å². The Morgan fingerprint density at radius 3 is 2.83 bits per heavy atom. The van der Waals surface area contributed by atoms with Crippen LogP contribution in [0.5, 0.6) is 5.75 Å². The molecular formula is C15H16O3. The molecule has 0 fully saturated rings. The maximum Gasteiger partial charge on any atom is 0.303 e. The van der Waals surface area contributed by atoms with E-state index < -0.39 is 5.97 Å². The van der Waals surface area contributed by atoms with Crippen LogP contribution in [-0.2, 0) is 11.2 Å². The molecule has 0 aliphatic heterocycles. The van der Waals surface area contributed by atoms with Gasteiger partial charge in [0.15, 0.2) is 0 Å². The fraction of sp³-hybridized carbons (Fsp3) is 0.267. The van der Waals surface area contributed by atoms with E-state index in [0.29, 0.717) is 6.42 Å². The zero-order valence-corrected chi connectivity index (χ0v) is 10.3. The molecule has 0 aliphatic rings. The van der Waals surface area contributed by atoms with Crippen molar-refractivity contribution < 1.29 is 14.6 Å². The first-order valence-corrected chi connectivity index (χ1v) is 5.98. The highest BCUT2D eigenvalue weighted by atomic mass is 16.5. The van der Waals surface area contributed by atoms with Crippen molar-refractivity contribution in [2.45, 2.75) is 19.3 Å². The Hall–Kier alpha value is -2.03. The number of hydrogen-bond donors (Lipinski definition) is 1. The lowest BCUT2D eigenvalue weighted by molar-refractivity contribution is -0.137. The summed E-state index contributed by atoms with van der Waals surface area (Å²) in [7, 11) is 1.65. The largest absolute Gasteiger partial charge is 0.497 e. The molecule has 0 aliphatic carbocycles. The molecule has 0 bridgehead atoms. The van der Waals surface area contributed by atoms with Gasteiger partial charge in [-0.3, -0.25) is 4.79 Å². The number of carboxylic acids is 1. The Morgan fingerprint density at radius 2 is 2.11 bits per heavy atom. The van der Waals surface area contributed by atoms with Gasteiger partial charge < -0.3 is 9.84 Å². The highest BCUT2D eigenvalue weighted by Gasteiger charge is 2.03. The number of benzene rings is 2. The van der Waals surface area contributed by atoms with Crippen LogP contribution in [0, 0.1) is 0 Å². The van der Waals surface area contributed by atoms with Gasteiger partial charge in [-0.05, 0) is 41.3 Å². The summed E-state index contributed by atoms with van der Waals surface area (Å²) >= 11 is 0. The van der Waals surface area contributed by atoms with Gasteiger partial charge in [-0.25, -0.2) is 0 Å². The topological polar surface area (TPSA) is 46.5 Å². The van der Waals surface area contributed by atoms with Crippen LogP contribution in [0.2, 0.25) is 0 Å². The van der Waals surface area contributed by atoms with Gasteiger partial charge >= 0.3 is 5.97 Å². The minimum absolute atomic E-state index is 0.215. The van der Waals surface area contributed by atoms with E-state index in [1.807, 2.05) is 30.3 Å². The number of aliphatic carboxylic acids is 1. The molecule has 0 aromatic heterocycles. The lowest BCUT2D eigenvalue weighted by Crippen LogP contribution is -1.96. The van der Waals surface area contributed by atoms with Crippen molar-refractivity contribution in [1.29, 1.82) is 0 Å². The highest BCUT2D eigenvalue weighted by Crippen LogP contribution is 2.24. The third-order valence-electron chi connectivity index (χ3n) is 3.01. The van der Waals surface area contributed by atoms with Gasteiger partial charge in [0.25, 0.3) is 0 Å². The summed E-state index contributed by atoms with van der Waals surface area (Å²) in [6, 6.07) is 12.1. The van der Waals surface area contributed by atoms with Crippen LogP contribution < -0.4 is 4.74 Å². The number of carbonyl (C=O) groups is 1. The van der Waals surface area contributed by atoms with E-state index in [2.05, 4.69) is 6.07 Å². The summed E-state index contributed by atoms with van der Waals surface area (Å²) < 4.78 is 5.20. The van der Waals surface area contributed by atoms with Crippen molar-refractivity contribution in [3.05, 3.63) is 42.0 Å². The number of methoxy groups -OCH3 is 1. The quantitative estimate of drug-likeness (QED) is 0.878. The van der Waals surface area contributed by atoms with Gasteiger partial charge in [0, 0.05) is 6.42 Å². The fourth-order valence-electron chi connectivity index (χ4n) is 2.10. The second kappa shape index (κ2) is 5.54. The molecule has 0 amide bonds. The molecule has 18 heavy (non-hydrogen) atoms. The van der Waals surface area contributed by atoms with E-state index in [9.17, 15) is 4.79 Å². The molecule has 0 saturated heterocycles. The first-order chi connectivity index (χ1) is 8.70. The lowest BCUT2D eigenvalue weighted by Gasteiger charge is -2.07. The molecule has 2 aromatic rings. The van der Waals surface area contributed by atoms with E-state index in [-0.39, 0.29) is 6.42 Å². The Kier molecular flexibility index (Phi) is 3.82. The lowest BCUT2D eigenvalue weighted by atomic mass is 10.00. The van der Waals surface area contributed by atoms with Crippen LogP contribution in [0.15, 0.2) is 36.4 Å². The van der Waals surface area contributed by atoms with Crippen LogP contribution in [-0.4, -0.2) is 18.2 Å². The monoisotopic (exact) mass is 244 g/mol. The van der Waals surface area contributed by atoms with E-state index in [1.165, 1.54) is 10.9 Å². The summed E-state index contributed by atoms with van der Waals surface area (Å²) in [5.41, 5.74) is 1.19. The molecule has 0 saturated carbocycles. The highest BCUT2D eigenvalue weighted by molar-refractivity contribution is 5.87. The van der Waals surface area contributed by atoms with E-state index >= 15 is 0 Å².